The number of nitrogens with zero attached hydrogens (tertiary/aromatic N) is 3. The molecular formula is C22H23N3OS. The third-order valence-corrected chi connectivity index (χ3v) is 7.71. The number of ether oxygens (including phenoxy) is 1. The Hall–Kier alpha value is -1.98. The monoisotopic (exact) mass is 377 g/mol. The fourth-order valence-corrected chi connectivity index (χ4v) is 6.34. The molecule has 3 aromatic rings. The molecule has 3 aliphatic rings. The molecule has 0 amide bonds. The highest BCUT2D eigenvalue weighted by Crippen LogP contribution is 2.54. The first-order chi connectivity index (χ1) is 13.2. The van der Waals surface area contributed by atoms with E-state index in [9.17, 15) is 0 Å². The number of rotatable bonds is 1. The van der Waals surface area contributed by atoms with Crippen molar-refractivity contribution in [2.45, 2.75) is 64.1 Å². The average molecular weight is 378 g/mol. The zero-order chi connectivity index (χ0) is 18.2. The quantitative estimate of drug-likeness (QED) is 0.603. The maximum absolute atomic E-state index is 6.48. The van der Waals surface area contributed by atoms with Crippen LogP contribution in [0.15, 0.2) is 24.3 Å². The standard InChI is InChI=1S/C22H23N3OS/c1-13-19(17-9-5-7-15-6-3-4-8-16(15)17)18-12-26-22(10-11-22)21-24-23-14(2)25(21)20(18)27-13/h3-4,6,8,17H,5,7,9-12H2,1-2H3. The number of thiophene rings is 1. The summed E-state index contributed by atoms with van der Waals surface area (Å²) in [4.78, 5) is 1.41. The molecule has 0 bridgehead atoms. The molecule has 6 rings (SSSR count). The smallest absolute Gasteiger partial charge is 0.170 e. The molecule has 3 heterocycles. The lowest BCUT2D eigenvalue weighted by Gasteiger charge is -2.27. The van der Waals surface area contributed by atoms with Gasteiger partial charge < -0.3 is 4.74 Å². The molecular weight excluding hydrogens is 354 g/mol. The summed E-state index contributed by atoms with van der Waals surface area (Å²) in [5.74, 6) is 2.46. The van der Waals surface area contributed by atoms with E-state index in [4.69, 9.17) is 4.74 Å². The van der Waals surface area contributed by atoms with E-state index in [1.54, 1.807) is 0 Å². The van der Waals surface area contributed by atoms with Crippen LogP contribution in [0.2, 0.25) is 0 Å². The molecule has 1 aliphatic heterocycles. The molecule has 0 saturated heterocycles. The first-order valence-corrected chi connectivity index (χ1v) is 10.8. The number of aryl methyl sites for hydroxylation is 3. The first-order valence-electron chi connectivity index (χ1n) is 9.95. The Bertz CT molecular complexity index is 1060. The van der Waals surface area contributed by atoms with E-state index in [-0.39, 0.29) is 5.60 Å². The van der Waals surface area contributed by atoms with Crippen LogP contribution in [0.1, 0.15) is 70.4 Å². The third-order valence-electron chi connectivity index (χ3n) is 6.56. The molecule has 1 aromatic carbocycles. The molecule has 0 N–H and O–H groups in total. The molecule has 1 saturated carbocycles. The highest BCUT2D eigenvalue weighted by atomic mass is 32.1. The topological polar surface area (TPSA) is 39.9 Å². The van der Waals surface area contributed by atoms with E-state index in [0.29, 0.717) is 12.5 Å². The van der Waals surface area contributed by atoms with E-state index in [1.165, 1.54) is 51.4 Å². The van der Waals surface area contributed by atoms with Crippen LogP contribution in [0.25, 0.3) is 5.00 Å². The van der Waals surface area contributed by atoms with Gasteiger partial charge in [0, 0.05) is 16.4 Å². The molecule has 0 radical (unpaired) electrons. The van der Waals surface area contributed by atoms with Gasteiger partial charge in [-0.3, -0.25) is 4.57 Å². The fourth-order valence-electron chi connectivity index (χ4n) is 5.08. The minimum Gasteiger partial charge on any atom is -0.362 e. The molecule has 1 fully saturated rings. The van der Waals surface area contributed by atoms with E-state index >= 15 is 0 Å². The summed E-state index contributed by atoms with van der Waals surface area (Å²) in [7, 11) is 0. The van der Waals surface area contributed by atoms with E-state index in [0.717, 1.165) is 24.5 Å². The van der Waals surface area contributed by atoms with Crippen molar-refractivity contribution in [2.75, 3.05) is 0 Å². The summed E-state index contributed by atoms with van der Waals surface area (Å²) in [6.45, 7) is 5.03. The molecule has 2 aliphatic carbocycles. The molecule has 1 unspecified atom stereocenters. The van der Waals surface area contributed by atoms with Gasteiger partial charge >= 0.3 is 0 Å². The lowest BCUT2D eigenvalue weighted by atomic mass is 9.78. The van der Waals surface area contributed by atoms with Crippen molar-refractivity contribution >= 4 is 11.3 Å². The average Bonchev–Trinajstić information content (AvgIpc) is 3.29. The van der Waals surface area contributed by atoms with Crippen LogP contribution < -0.4 is 0 Å². The van der Waals surface area contributed by atoms with Gasteiger partial charge in [-0.25, -0.2) is 0 Å². The Balaban J connectivity index is 1.56. The predicted molar refractivity (Wildman–Crippen MR) is 106 cm³/mol. The van der Waals surface area contributed by atoms with Gasteiger partial charge in [0.25, 0.3) is 0 Å². The summed E-state index contributed by atoms with van der Waals surface area (Å²) in [6, 6.07) is 9.00. The summed E-state index contributed by atoms with van der Waals surface area (Å²) >= 11 is 1.89. The van der Waals surface area contributed by atoms with Crippen LogP contribution in [-0.2, 0) is 23.4 Å². The number of hydrogen-bond acceptors (Lipinski definition) is 4. The van der Waals surface area contributed by atoms with Crippen molar-refractivity contribution in [1.82, 2.24) is 14.8 Å². The largest absolute Gasteiger partial charge is 0.362 e. The second-order valence-electron chi connectivity index (χ2n) is 8.19. The highest BCUT2D eigenvalue weighted by Gasteiger charge is 2.52. The van der Waals surface area contributed by atoms with E-state index in [2.05, 4.69) is 52.9 Å². The van der Waals surface area contributed by atoms with Crippen LogP contribution in [-0.4, -0.2) is 14.8 Å². The predicted octanol–water partition coefficient (Wildman–Crippen LogP) is 4.93. The summed E-state index contributed by atoms with van der Waals surface area (Å²) < 4.78 is 8.77. The molecule has 138 valence electrons. The Morgan fingerprint density at radius 3 is 2.89 bits per heavy atom. The van der Waals surface area contributed by atoms with Gasteiger partial charge in [-0.1, -0.05) is 24.3 Å². The third kappa shape index (κ3) is 2.18. The van der Waals surface area contributed by atoms with Crippen molar-refractivity contribution in [3.63, 3.8) is 0 Å². The highest BCUT2D eigenvalue weighted by molar-refractivity contribution is 7.14. The zero-order valence-electron chi connectivity index (χ0n) is 15.8. The summed E-state index contributed by atoms with van der Waals surface area (Å²) in [5.41, 5.74) is 5.70. The van der Waals surface area contributed by atoms with Crippen LogP contribution in [0.3, 0.4) is 0 Å². The normalized spacial score (nSPS) is 22.1. The fraction of sp³-hybridized carbons (Fsp3) is 0.455. The number of aromatic nitrogens is 3. The van der Waals surface area contributed by atoms with Crippen LogP contribution in [0.4, 0.5) is 0 Å². The number of benzene rings is 1. The maximum Gasteiger partial charge on any atom is 0.170 e. The van der Waals surface area contributed by atoms with Crippen LogP contribution in [0.5, 0.6) is 0 Å². The van der Waals surface area contributed by atoms with Crippen LogP contribution >= 0.6 is 11.3 Å². The molecule has 5 heteroatoms. The summed E-state index contributed by atoms with van der Waals surface area (Å²) in [5, 5.41) is 10.2. The van der Waals surface area contributed by atoms with Gasteiger partial charge in [0.2, 0.25) is 0 Å². The van der Waals surface area contributed by atoms with E-state index < -0.39 is 0 Å². The second kappa shape index (κ2) is 5.52. The van der Waals surface area contributed by atoms with E-state index in [1.807, 2.05) is 11.3 Å². The van der Waals surface area contributed by atoms with Crippen molar-refractivity contribution in [2.24, 2.45) is 0 Å². The summed E-state index contributed by atoms with van der Waals surface area (Å²) in [6.07, 6.45) is 5.79. The molecule has 1 atom stereocenters. The van der Waals surface area contributed by atoms with Gasteiger partial charge in [0.15, 0.2) is 5.82 Å². The molecule has 1 spiro atoms. The Morgan fingerprint density at radius 2 is 2.04 bits per heavy atom. The molecule has 27 heavy (non-hydrogen) atoms. The Morgan fingerprint density at radius 1 is 1.19 bits per heavy atom. The second-order valence-corrected chi connectivity index (χ2v) is 9.39. The molecule has 2 aromatic heterocycles. The first kappa shape index (κ1) is 16.0. The van der Waals surface area contributed by atoms with Gasteiger partial charge in [-0.05, 0) is 62.6 Å². The SMILES string of the molecule is Cc1sc2c(c1C1CCCc3ccccc31)COC1(CC1)c1nnc(C)n1-2. The van der Waals surface area contributed by atoms with Crippen LogP contribution in [0, 0.1) is 13.8 Å². The van der Waals surface area contributed by atoms with Crippen molar-refractivity contribution < 1.29 is 4.74 Å². The Kier molecular flexibility index (Phi) is 3.27. The number of fused-ring (bicyclic) bond motifs is 5. The lowest BCUT2D eigenvalue weighted by Crippen LogP contribution is -2.15. The van der Waals surface area contributed by atoms with Crippen molar-refractivity contribution in [3.8, 4) is 5.00 Å². The maximum atomic E-state index is 6.48. The Labute approximate surface area is 163 Å². The van der Waals surface area contributed by atoms with Gasteiger partial charge in [0.1, 0.15) is 16.4 Å². The van der Waals surface area contributed by atoms with Gasteiger partial charge in [-0.15, -0.1) is 21.5 Å². The van der Waals surface area contributed by atoms with Gasteiger partial charge in [0.05, 0.1) is 6.61 Å². The molecule has 4 nitrogen and oxygen atoms in total. The van der Waals surface area contributed by atoms with Crippen molar-refractivity contribution in [1.29, 1.82) is 0 Å². The van der Waals surface area contributed by atoms with Crippen molar-refractivity contribution in [3.05, 3.63) is 63.0 Å². The van der Waals surface area contributed by atoms with Gasteiger partial charge in [-0.2, -0.15) is 0 Å². The number of hydrogen-bond donors (Lipinski definition) is 0. The zero-order valence-corrected chi connectivity index (χ0v) is 16.6. The minimum atomic E-state index is -0.199. The lowest BCUT2D eigenvalue weighted by molar-refractivity contribution is 0.0133. The minimum absolute atomic E-state index is 0.199.